The summed E-state index contributed by atoms with van der Waals surface area (Å²) in [7, 11) is 0. The zero-order valence-electron chi connectivity index (χ0n) is 12.3. The van der Waals surface area contributed by atoms with E-state index in [0.29, 0.717) is 5.69 Å². The average Bonchev–Trinajstić information content (AvgIpc) is 2.58. The van der Waals surface area contributed by atoms with Crippen LogP contribution >= 0.6 is 46.6 Å². The number of esters is 1. The summed E-state index contributed by atoms with van der Waals surface area (Å²) in [6.07, 6.45) is 3.11. The molecule has 1 aromatic heterocycles. The van der Waals surface area contributed by atoms with Crippen molar-refractivity contribution in [1.29, 1.82) is 0 Å². The fourth-order valence-corrected chi connectivity index (χ4v) is 2.70. The number of ether oxygens (including phenoxy) is 1. The van der Waals surface area contributed by atoms with Crippen molar-refractivity contribution in [2.75, 3.05) is 18.2 Å². The third-order valence-corrected chi connectivity index (χ3v) is 4.76. The summed E-state index contributed by atoms with van der Waals surface area (Å²) < 4.78 is 4.89. The molecule has 126 valence electrons. The molecule has 9 heteroatoms. The van der Waals surface area contributed by atoms with Gasteiger partial charge in [0.05, 0.1) is 15.1 Å². The molecule has 0 aliphatic heterocycles. The van der Waals surface area contributed by atoms with Crippen molar-refractivity contribution >= 4 is 64.1 Å². The normalized spacial score (nSPS) is 10.3. The van der Waals surface area contributed by atoms with E-state index in [4.69, 9.17) is 39.5 Å². The van der Waals surface area contributed by atoms with Crippen molar-refractivity contribution in [1.82, 2.24) is 4.98 Å². The van der Waals surface area contributed by atoms with E-state index in [1.54, 1.807) is 17.8 Å². The zero-order valence-corrected chi connectivity index (χ0v) is 15.4. The highest BCUT2D eigenvalue weighted by Crippen LogP contribution is 2.31. The lowest BCUT2D eigenvalue weighted by molar-refractivity contribution is -0.119. The number of nitrogens with zero attached hydrogens (tertiary/aromatic N) is 1. The first-order valence-electron chi connectivity index (χ1n) is 6.53. The summed E-state index contributed by atoms with van der Waals surface area (Å²) in [6, 6.07) is 7.27. The number of amides is 1. The predicted molar refractivity (Wildman–Crippen MR) is 96.4 cm³/mol. The van der Waals surface area contributed by atoms with Gasteiger partial charge in [-0.25, -0.2) is 9.78 Å². The van der Waals surface area contributed by atoms with Gasteiger partial charge in [0.25, 0.3) is 5.91 Å². The van der Waals surface area contributed by atoms with E-state index in [2.05, 4.69) is 10.3 Å². The van der Waals surface area contributed by atoms with Crippen molar-refractivity contribution in [2.45, 2.75) is 4.90 Å². The highest BCUT2D eigenvalue weighted by Gasteiger charge is 2.19. The molecule has 5 nitrogen and oxygen atoms in total. The molecule has 0 aliphatic carbocycles. The number of carbonyl (C=O) groups is 2. The molecule has 0 radical (unpaired) electrons. The van der Waals surface area contributed by atoms with Gasteiger partial charge in [-0.2, -0.15) is 0 Å². The number of benzene rings is 1. The second-order valence-corrected chi connectivity index (χ2v) is 6.48. The lowest BCUT2D eigenvalue weighted by Gasteiger charge is -2.08. The largest absolute Gasteiger partial charge is 0.451 e. The van der Waals surface area contributed by atoms with Crippen LogP contribution in [0.4, 0.5) is 5.69 Å². The Balaban J connectivity index is 1.96. The fourth-order valence-electron chi connectivity index (χ4n) is 1.68. The van der Waals surface area contributed by atoms with Crippen LogP contribution in [0, 0.1) is 0 Å². The van der Waals surface area contributed by atoms with E-state index in [1.165, 1.54) is 6.20 Å². The Morgan fingerprint density at radius 3 is 2.71 bits per heavy atom. The standard InChI is InChI=1S/C15H11Cl3N2O3S/c1-24-9-4-2-3-8(5-9)20-11(21)7-23-15(22)14-13(18)12(17)10(16)6-19-14/h2-6H,7H2,1H3,(H,20,21). The number of aromatic nitrogens is 1. The second kappa shape index (κ2) is 8.58. The SMILES string of the molecule is CSc1cccc(NC(=O)COC(=O)c2ncc(Cl)c(Cl)c2Cl)c1. The van der Waals surface area contributed by atoms with E-state index in [9.17, 15) is 9.59 Å². The maximum absolute atomic E-state index is 11.9. The Morgan fingerprint density at radius 2 is 2.00 bits per heavy atom. The van der Waals surface area contributed by atoms with E-state index >= 15 is 0 Å². The number of hydrogen-bond acceptors (Lipinski definition) is 5. The maximum Gasteiger partial charge on any atom is 0.359 e. The van der Waals surface area contributed by atoms with E-state index in [0.717, 1.165) is 4.90 Å². The molecule has 2 aromatic rings. The molecule has 24 heavy (non-hydrogen) atoms. The van der Waals surface area contributed by atoms with Gasteiger partial charge < -0.3 is 10.1 Å². The molecule has 0 fully saturated rings. The van der Waals surface area contributed by atoms with Crippen molar-refractivity contribution in [3.05, 3.63) is 51.2 Å². The molecule has 0 spiro atoms. The highest BCUT2D eigenvalue weighted by atomic mass is 35.5. The van der Waals surface area contributed by atoms with Gasteiger partial charge in [0.2, 0.25) is 0 Å². The first kappa shape index (κ1) is 18.9. The van der Waals surface area contributed by atoms with Crippen LogP contribution in [0.25, 0.3) is 0 Å². The Labute approximate surface area is 157 Å². The van der Waals surface area contributed by atoms with Gasteiger partial charge >= 0.3 is 5.97 Å². The molecule has 1 heterocycles. The molecule has 0 saturated carbocycles. The molecule has 0 unspecified atom stereocenters. The smallest absolute Gasteiger partial charge is 0.359 e. The van der Waals surface area contributed by atoms with Gasteiger partial charge in [-0.05, 0) is 24.5 Å². The van der Waals surface area contributed by atoms with Crippen molar-refractivity contribution in [3.8, 4) is 0 Å². The quantitative estimate of drug-likeness (QED) is 0.583. The summed E-state index contributed by atoms with van der Waals surface area (Å²) in [5, 5.41) is 2.62. The third kappa shape index (κ3) is 4.77. The minimum Gasteiger partial charge on any atom is -0.451 e. The highest BCUT2D eigenvalue weighted by molar-refractivity contribution is 7.98. The van der Waals surface area contributed by atoms with Crippen molar-refractivity contribution < 1.29 is 14.3 Å². The average molecular weight is 406 g/mol. The fraction of sp³-hybridized carbons (Fsp3) is 0.133. The molecule has 2 rings (SSSR count). The van der Waals surface area contributed by atoms with Crippen LogP contribution in [0.3, 0.4) is 0 Å². The molecule has 0 saturated heterocycles. The van der Waals surface area contributed by atoms with Crippen LogP contribution in [-0.4, -0.2) is 29.7 Å². The van der Waals surface area contributed by atoms with E-state index in [-0.39, 0.29) is 20.8 Å². The van der Waals surface area contributed by atoms with Crippen LogP contribution in [-0.2, 0) is 9.53 Å². The Hall–Kier alpha value is -1.47. The van der Waals surface area contributed by atoms with Gasteiger partial charge in [0, 0.05) is 16.8 Å². The molecule has 1 amide bonds. The van der Waals surface area contributed by atoms with E-state index in [1.807, 2.05) is 24.5 Å². The minimum atomic E-state index is -0.869. The Morgan fingerprint density at radius 1 is 1.25 bits per heavy atom. The monoisotopic (exact) mass is 404 g/mol. The number of rotatable bonds is 5. The van der Waals surface area contributed by atoms with Gasteiger partial charge in [0.15, 0.2) is 12.3 Å². The molecular weight excluding hydrogens is 395 g/mol. The maximum atomic E-state index is 11.9. The summed E-state index contributed by atoms with van der Waals surface area (Å²) in [6.45, 7) is -0.486. The third-order valence-electron chi connectivity index (χ3n) is 2.80. The van der Waals surface area contributed by atoms with Gasteiger partial charge in [-0.3, -0.25) is 4.79 Å². The van der Waals surface area contributed by atoms with Gasteiger partial charge in [-0.1, -0.05) is 40.9 Å². The Bertz CT molecular complexity index is 787. The number of nitrogens with one attached hydrogen (secondary N) is 1. The lowest BCUT2D eigenvalue weighted by atomic mass is 10.3. The van der Waals surface area contributed by atoms with Crippen LogP contribution < -0.4 is 5.32 Å². The second-order valence-electron chi connectivity index (χ2n) is 4.44. The molecule has 0 bridgehead atoms. The first-order chi connectivity index (χ1) is 11.4. The minimum absolute atomic E-state index is 0.00128. The summed E-state index contributed by atoms with van der Waals surface area (Å²) in [5.41, 5.74) is 0.400. The summed E-state index contributed by atoms with van der Waals surface area (Å²) in [5.74, 6) is -1.36. The molecule has 1 N–H and O–H groups in total. The number of hydrogen-bond donors (Lipinski definition) is 1. The van der Waals surface area contributed by atoms with Crippen LogP contribution in [0.2, 0.25) is 15.1 Å². The summed E-state index contributed by atoms with van der Waals surface area (Å²) in [4.78, 5) is 28.6. The number of anilines is 1. The predicted octanol–water partition coefficient (Wildman–Crippen LogP) is 4.56. The molecule has 0 aliphatic rings. The van der Waals surface area contributed by atoms with Gasteiger partial charge in [-0.15, -0.1) is 11.8 Å². The topological polar surface area (TPSA) is 68.3 Å². The number of carbonyl (C=O) groups excluding carboxylic acids is 2. The lowest BCUT2D eigenvalue weighted by Crippen LogP contribution is -2.21. The van der Waals surface area contributed by atoms with E-state index < -0.39 is 18.5 Å². The first-order valence-corrected chi connectivity index (χ1v) is 8.88. The van der Waals surface area contributed by atoms with Crippen LogP contribution in [0.15, 0.2) is 35.4 Å². The van der Waals surface area contributed by atoms with Crippen LogP contribution in [0.1, 0.15) is 10.5 Å². The summed E-state index contributed by atoms with van der Waals surface area (Å²) >= 11 is 19.0. The number of thioether (sulfide) groups is 1. The van der Waals surface area contributed by atoms with Crippen molar-refractivity contribution in [2.24, 2.45) is 0 Å². The molecular formula is C15H11Cl3N2O3S. The van der Waals surface area contributed by atoms with Gasteiger partial charge in [0.1, 0.15) is 0 Å². The van der Waals surface area contributed by atoms with Crippen LogP contribution in [0.5, 0.6) is 0 Å². The molecule has 1 aromatic carbocycles. The zero-order chi connectivity index (χ0) is 17.7. The number of pyridine rings is 1. The molecule has 0 atom stereocenters. The Kier molecular flexibility index (Phi) is 6.74. The number of halogens is 3. The van der Waals surface area contributed by atoms with Crippen molar-refractivity contribution in [3.63, 3.8) is 0 Å².